The fraction of sp³-hybridized carbons (Fsp3) is 0.350. The molecule has 1 fully saturated rings. The molecule has 1 amide bonds. The van der Waals surface area contributed by atoms with Crippen molar-refractivity contribution in [3.63, 3.8) is 0 Å². The molecule has 2 N–H and O–H groups in total. The van der Waals surface area contributed by atoms with Gasteiger partial charge in [0.1, 0.15) is 6.61 Å². The summed E-state index contributed by atoms with van der Waals surface area (Å²) in [7, 11) is 0. The van der Waals surface area contributed by atoms with Crippen molar-refractivity contribution in [2.24, 2.45) is 5.73 Å². The van der Waals surface area contributed by atoms with Crippen LogP contribution in [0, 0.1) is 0 Å². The number of hydrogen-bond acceptors (Lipinski definition) is 3. The number of ether oxygens (including phenoxy) is 1. The SMILES string of the molecule is C[C@@H]1CC[C@@H](N)[C@@H](c2ccccc2)N1C(=O)OCc1ccccc1. The van der Waals surface area contributed by atoms with Crippen LogP contribution in [0.25, 0.3) is 0 Å². The van der Waals surface area contributed by atoms with Crippen LogP contribution in [0.2, 0.25) is 0 Å². The minimum absolute atomic E-state index is 0.0760. The van der Waals surface area contributed by atoms with Gasteiger partial charge in [-0.3, -0.25) is 4.90 Å². The van der Waals surface area contributed by atoms with E-state index in [4.69, 9.17) is 10.5 Å². The van der Waals surface area contributed by atoms with Gasteiger partial charge in [-0.1, -0.05) is 60.7 Å². The number of carbonyl (C=O) groups is 1. The highest BCUT2D eigenvalue weighted by Gasteiger charge is 2.38. The maximum atomic E-state index is 12.8. The zero-order valence-corrected chi connectivity index (χ0v) is 14.0. The lowest BCUT2D eigenvalue weighted by atomic mass is 9.88. The molecule has 0 unspecified atom stereocenters. The molecule has 0 spiro atoms. The molecule has 0 aliphatic carbocycles. The van der Waals surface area contributed by atoms with Gasteiger partial charge in [-0.05, 0) is 30.9 Å². The Kier molecular flexibility index (Phi) is 5.16. The Bertz CT molecular complexity index is 660. The van der Waals surface area contributed by atoms with Gasteiger partial charge in [0.2, 0.25) is 0 Å². The van der Waals surface area contributed by atoms with Gasteiger partial charge in [0, 0.05) is 12.1 Å². The molecular formula is C20H24N2O2. The number of piperidine rings is 1. The van der Waals surface area contributed by atoms with Crippen molar-refractivity contribution < 1.29 is 9.53 Å². The summed E-state index contributed by atoms with van der Waals surface area (Å²) in [6, 6.07) is 19.6. The van der Waals surface area contributed by atoms with Crippen molar-refractivity contribution in [2.45, 2.75) is 44.5 Å². The summed E-state index contributed by atoms with van der Waals surface area (Å²) in [6.45, 7) is 2.34. The van der Waals surface area contributed by atoms with E-state index < -0.39 is 0 Å². The highest BCUT2D eigenvalue weighted by molar-refractivity contribution is 5.69. The Labute approximate surface area is 143 Å². The van der Waals surface area contributed by atoms with Crippen LogP contribution in [-0.4, -0.2) is 23.1 Å². The second kappa shape index (κ2) is 7.49. The lowest BCUT2D eigenvalue weighted by Crippen LogP contribution is -2.52. The van der Waals surface area contributed by atoms with Crippen LogP contribution >= 0.6 is 0 Å². The van der Waals surface area contributed by atoms with Crippen LogP contribution < -0.4 is 5.73 Å². The van der Waals surface area contributed by atoms with E-state index >= 15 is 0 Å². The van der Waals surface area contributed by atoms with Gasteiger partial charge in [-0.15, -0.1) is 0 Å². The van der Waals surface area contributed by atoms with E-state index in [9.17, 15) is 4.79 Å². The number of nitrogens with two attached hydrogens (primary N) is 1. The monoisotopic (exact) mass is 324 g/mol. The number of rotatable bonds is 3. The minimum Gasteiger partial charge on any atom is -0.445 e. The molecule has 4 heteroatoms. The molecule has 1 aliphatic heterocycles. The maximum absolute atomic E-state index is 12.8. The highest BCUT2D eigenvalue weighted by atomic mass is 16.6. The Morgan fingerprint density at radius 3 is 2.38 bits per heavy atom. The number of hydrogen-bond donors (Lipinski definition) is 1. The van der Waals surface area contributed by atoms with Gasteiger partial charge < -0.3 is 10.5 Å². The molecule has 0 aromatic heterocycles. The summed E-state index contributed by atoms with van der Waals surface area (Å²) >= 11 is 0. The molecule has 1 aliphatic rings. The molecule has 1 heterocycles. The van der Waals surface area contributed by atoms with E-state index in [0.717, 1.165) is 24.0 Å². The fourth-order valence-corrected chi connectivity index (χ4v) is 3.36. The Morgan fingerprint density at radius 2 is 1.71 bits per heavy atom. The lowest BCUT2D eigenvalue weighted by molar-refractivity contribution is 0.0386. The van der Waals surface area contributed by atoms with Crippen molar-refractivity contribution in [1.29, 1.82) is 0 Å². The lowest BCUT2D eigenvalue weighted by Gasteiger charge is -2.43. The topological polar surface area (TPSA) is 55.6 Å². The Balaban J connectivity index is 1.77. The van der Waals surface area contributed by atoms with Gasteiger partial charge in [-0.2, -0.15) is 0 Å². The molecule has 0 bridgehead atoms. The first-order valence-electron chi connectivity index (χ1n) is 8.46. The number of likely N-dealkylation sites (tertiary alicyclic amines) is 1. The average Bonchev–Trinajstić information content (AvgIpc) is 2.63. The number of benzene rings is 2. The highest BCUT2D eigenvalue weighted by Crippen LogP contribution is 2.34. The molecule has 0 radical (unpaired) electrons. The van der Waals surface area contributed by atoms with E-state index in [1.165, 1.54) is 0 Å². The van der Waals surface area contributed by atoms with Crippen LogP contribution in [0.15, 0.2) is 60.7 Å². The van der Waals surface area contributed by atoms with E-state index in [1.807, 2.05) is 65.6 Å². The van der Waals surface area contributed by atoms with E-state index in [1.54, 1.807) is 0 Å². The second-order valence-electron chi connectivity index (χ2n) is 6.39. The Morgan fingerprint density at radius 1 is 1.08 bits per heavy atom. The van der Waals surface area contributed by atoms with E-state index in [0.29, 0.717) is 0 Å². The summed E-state index contributed by atoms with van der Waals surface area (Å²) in [6.07, 6.45) is 1.50. The first-order valence-corrected chi connectivity index (χ1v) is 8.46. The second-order valence-corrected chi connectivity index (χ2v) is 6.39. The predicted molar refractivity (Wildman–Crippen MR) is 94.3 cm³/mol. The summed E-state index contributed by atoms with van der Waals surface area (Å²) < 4.78 is 5.57. The maximum Gasteiger partial charge on any atom is 0.410 e. The summed E-state index contributed by atoms with van der Waals surface area (Å²) in [5, 5.41) is 0. The van der Waals surface area contributed by atoms with Crippen molar-refractivity contribution >= 4 is 6.09 Å². The minimum atomic E-state index is -0.296. The van der Waals surface area contributed by atoms with Crippen LogP contribution in [0.1, 0.15) is 36.9 Å². The van der Waals surface area contributed by atoms with Gasteiger partial charge >= 0.3 is 6.09 Å². The molecule has 0 saturated carbocycles. The third kappa shape index (κ3) is 3.60. The zero-order chi connectivity index (χ0) is 16.9. The van der Waals surface area contributed by atoms with Crippen molar-refractivity contribution in [3.05, 3.63) is 71.8 Å². The predicted octanol–water partition coefficient (Wildman–Crippen LogP) is 3.88. The van der Waals surface area contributed by atoms with Gasteiger partial charge in [0.15, 0.2) is 0 Å². The first kappa shape index (κ1) is 16.5. The van der Waals surface area contributed by atoms with Gasteiger partial charge in [0.25, 0.3) is 0 Å². The largest absolute Gasteiger partial charge is 0.445 e. The third-order valence-electron chi connectivity index (χ3n) is 4.65. The van der Waals surface area contributed by atoms with Crippen LogP contribution in [0.5, 0.6) is 0 Å². The first-order chi connectivity index (χ1) is 11.7. The molecule has 3 atom stereocenters. The third-order valence-corrected chi connectivity index (χ3v) is 4.65. The zero-order valence-electron chi connectivity index (χ0n) is 14.0. The number of amides is 1. The van der Waals surface area contributed by atoms with Crippen LogP contribution in [0.3, 0.4) is 0 Å². The smallest absolute Gasteiger partial charge is 0.410 e. The molecule has 1 saturated heterocycles. The molecule has 3 rings (SSSR count). The van der Waals surface area contributed by atoms with Crippen LogP contribution in [-0.2, 0) is 11.3 Å². The van der Waals surface area contributed by atoms with Gasteiger partial charge in [-0.25, -0.2) is 4.79 Å². The molecule has 2 aromatic carbocycles. The van der Waals surface area contributed by atoms with Crippen LogP contribution in [0.4, 0.5) is 4.79 Å². The molecular weight excluding hydrogens is 300 g/mol. The summed E-state index contributed by atoms with van der Waals surface area (Å²) in [5.74, 6) is 0. The quantitative estimate of drug-likeness (QED) is 0.932. The van der Waals surface area contributed by atoms with E-state index in [2.05, 4.69) is 6.92 Å². The number of carbonyl (C=O) groups excluding carboxylic acids is 1. The number of nitrogens with zero attached hydrogens (tertiary/aromatic N) is 1. The van der Waals surface area contributed by atoms with Crippen molar-refractivity contribution in [1.82, 2.24) is 4.90 Å². The van der Waals surface area contributed by atoms with E-state index in [-0.39, 0.29) is 30.8 Å². The Hall–Kier alpha value is -2.33. The normalized spacial score (nSPS) is 23.8. The molecule has 24 heavy (non-hydrogen) atoms. The van der Waals surface area contributed by atoms with Crippen molar-refractivity contribution in [3.8, 4) is 0 Å². The average molecular weight is 324 g/mol. The molecule has 2 aromatic rings. The van der Waals surface area contributed by atoms with Crippen molar-refractivity contribution in [2.75, 3.05) is 0 Å². The summed E-state index contributed by atoms with van der Waals surface area (Å²) in [4.78, 5) is 14.6. The molecule has 126 valence electrons. The van der Waals surface area contributed by atoms with Gasteiger partial charge in [0.05, 0.1) is 6.04 Å². The molecule has 4 nitrogen and oxygen atoms in total. The summed E-state index contributed by atoms with van der Waals surface area (Å²) in [5.41, 5.74) is 8.40. The fourth-order valence-electron chi connectivity index (χ4n) is 3.36. The standard InChI is InChI=1S/C20H24N2O2/c1-15-12-13-18(21)19(17-10-6-3-7-11-17)22(15)20(23)24-14-16-8-4-2-5-9-16/h2-11,15,18-19H,12-14,21H2,1H3/t15-,18-,19-/m1/s1.